The minimum absolute atomic E-state index is 0.189. The minimum atomic E-state index is -0.462. The number of thioether (sulfide) groups is 1. The van der Waals surface area contributed by atoms with Crippen LogP contribution in [-0.2, 0) is 16.2 Å². The Morgan fingerprint density at radius 3 is 2.53 bits per heavy atom. The molecule has 178 valence electrons. The molecule has 9 heteroatoms. The molecule has 0 saturated carbocycles. The Balaban J connectivity index is 1.48. The summed E-state index contributed by atoms with van der Waals surface area (Å²) in [4.78, 5) is 41.0. The molecule has 4 rings (SSSR count). The molecule has 34 heavy (non-hydrogen) atoms. The van der Waals surface area contributed by atoms with Crippen LogP contribution in [0.15, 0.2) is 51.8 Å². The summed E-state index contributed by atoms with van der Waals surface area (Å²) in [6, 6.07) is 13.3. The summed E-state index contributed by atoms with van der Waals surface area (Å²) in [6.07, 6.45) is 4.63. The summed E-state index contributed by atoms with van der Waals surface area (Å²) in [6.45, 7) is 1.51. The molecule has 0 aromatic heterocycles. The van der Waals surface area contributed by atoms with Crippen molar-refractivity contribution in [2.75, 3.05) is 26.7 Å². The summed E-state index contributed by atoms with van der Waals surface area (Å²) in [5.74, 6) is 0.405. The summed E-state index contributed by atoms with van der Waals surface area (Å²) < 4.78 is 12.1. The third-order valence-corrected chi connectivity index (χ3v) is 7.28. The van der Waals surface area contributed by atoms with Crippen LogP contribution in [0.3, 0.4) is 0 Å². The molecule has 3 amide bonds. The minimum Gasteiger partial charge on any atom is -0.493 e. The number of halogens is 1. The standard InChI is InChI=1S/C25H25BrN2O5S/c1-32-20-12-18(19(26)14-21(20)33-16-17-8-4-2-5-9-17)13-22-24(30)28(25(31)34-22)15-23(29)27-10-6-3-7-11-27/h2,4-5,8-9,12-14H,3,6-7,10-11,15-16H2,1H3/b22-13-. The fraction of sp³-hybridized carbons (Fsp3) is 0.320. The van der Waals surface area contributed by atoms with Crippen molar-refractivity contribution < 1.29 is 23.9 Å². The molecular formula is C25H25BrN2O5S. The highest BCUT2D eigenvalue weighted by Crippen LogP contribution is 2.38. The smallest absolute Gasteiger partial charge is 0.294 e. The van der Waals surface area contributed by atoms with Crippen molar-refractivity contribution in [3.8, 4) is 11.5 Å². The van der Waals surface area contributed by atoms with Gasteiger partial charge in [0.05, 0.1) is 12.0 Å². The molecule has 7 nitrogen and oxygen atoms in total. The monoisotopic (exact) mass is 544 g/mol. The van der Waals surface area contributed by atoms with Crippen LogP contribution in [0.5, 0.6) is 11.5 Å². The lowest BCUT2D eigenvalue weighted by Gasteiger charge is -2.27. The van der Waals surface area contributed by atoms with Gasteiger partial charge in [-0.2, -0.15) is 0 Å². The van der Waals surface area contributed by atoms with Gasteiger partial charge in [-0.25, -0.2) is 0 Å². The first kappa shape index (κ1) is 24.3. The van der Waals surface area contributed by atoms with Crippen LogP contribution in [0.2, 0.25) is 0 Å². The Hall–Kier alpha value is -2.78. The molecule has 2 fully saturated rings. The molecule has 0 bridgehead atoms. The second-order valence-corrected chi connectivity index (χ2v) is 9.86. The van der Waals surface area contributed by atoms with E-state index in [1.54, 1.807) is 30.2 Å². The van der Waals surface area contributed by atoms with E-state index < -0.39 is 11.1 Å². The predicted octanol–water partition coefficient (Wildman–Crippen LogP) is 5.09. The first-order valence-electron chi connectivity index (χ1n) is 11.0. The van der Waals surface area contributed by atoms with Gasteiger partial charge in [0.1, 0.15) is 13.2 Å². The highest BCUT2D eigenvalue weighted by molar-refractivity contribution is 9.10. The number of hydrogen-bond donors (Lipinski definition) is 0. The lowest BCUT2D eigenvalue weighted by Crippen LogP contribution is -2.44. The number of ether oxygens (including phenoxy) is 2. The van der Waals surface area contributed by atoms with Gasteiger partial charge >= 0.3 is 0 Å². The lowest BCUT2D eigenvalue weighted by molar-refractivity contribution is -0.136. The third-order valence-electron chi connectivity index (χ3n) is 5.68. The normalized spacial score (nSPS) is 17.4. The molecule has 0 aliphatic carbocycles. The van der Waals surface area contributed by atoms with E-state index in [9.17, 15) is 14.4 Å². The van der Waals surface area contributed by atoms with Crippen LogP contribution in [-0.4, -0.2) is 53.6 Å². The van der Waals surface area contributed by atoms with Crippen LogP contribution in [0.1, 0.15) is 30.4 Å². The van der Waals surface area contributed by atoms with Crippen molar-refractivity contribution in [3.05, 3.63) is 63.0 Å². The van der Waals surface area contributed by atoms with Gasteiger partial charge in [-0.15, -0.1) is 0 Å². The Morgan fingerprint density at radius 1 is 1.09 bits per heavy atom. The van der Waals surface area contributed by atoms with Crippen LogP contribution < -0.4 is 9.47 Å². The van der Waals surface area contributed by atoms with E-state index in [0.29, 0.717) is 41.2 Å². The lowest BCUT2D eigenvalue weighted by atomic mass is 10.1. The van der Waals surface area contributed by atoms with E-state index in [0.717, 1.165) is 41.5 Å². The van der Waals surface area contributed by atoms with E-state index in [1.807, 2.05) is 30.3 Å². The number of rotatable bonds is 7. The third kappa shape index (κ3) is 5.64. The average Bonchev–Trinajstić information content (AvgIpc) is 3.12. The van der Waals surface area contributed by atoms with Gasteiger partial charge in [0, 0.05) is 17.6 Å². The number of amides is 3. The number of likely N-dealkylation sites (tertiary alicyclic amines) is 1. The second-order valence-electron chi connectivity index (χ2n) is 8.01. The second kappa shape index (κ2) is 11.1. The summed E-state index contributed by atoms with van der Waals surface area (Å²) in [7, 11) is 1.54. The maximum Gasteiger partial charge on any atom is 0.294 e. The molecule has 0 N–H and O–H groups in total. The van der Waals surface area contributed by atoms with Crippen molar-refractivity contribution in [1.29, 1.82) is 0 Å². The topological polar surface area (TPSA) is 76.2 Å². The molecule has 2 aliphatic heterocycles. The van der Waals surface area contributed by atoms with Crippen molar-refractivity contribution >= 4 is 50.8 Å². The first-order valence-corrected chi connectivity index (χ1v) is 12.6. The van der Waals surface area contributed by atoms with E-state index in [2.05, 4.69) is 15.9 Å². The number of benzene rings is 2. The van der Waals surface area contributed by atoms with Gasteiger partial charge in [-0.05, 0) is 60.4 Å². The fourth-order valence-corrected chi connectivity index (χ4v) is 5.09. The molecular weight excluding hydrogens is 520 g/mol. The molecule has 2 aliphatic rings. The number of piperidine rings is 1. The van der Waals surface area contributed by atoms with Crippen molar-refractivity contribution in [2.45, 2.75) is 25.9 Å². The zero-order chi connectivity index (χ0) is 24.1. The molecule has 0 spiro atoms. The number of carbonyl (C=O) groups is 3. The number of imide groups is 1. The van der Waals surface area contributed by atoms with Gasteiger partial charge in [0.2, 0.25) is 5.91 Å². The van der Waals surface area contributed by atoms with Crippen LogP contribution in [0.25, 0.3) is 6.08 Å². The molecule has 0 radical (unpaired) electrons. The maximum absolute atomic E-state index is 12.9. The van der Waals surface area contributed by atoms with Crippen molar-refractivity contribution in [2.24, 2.45) is 0 Å². The van der Waals surface area contributed by atoms with E-state index in [4.69, 9.17) is 9.47 Å². The first-order chi connectivity index (χ1) is 16.5. The zero-order valence-electron chi connectivity index (χ0n) is 18.8. The zero-order valence-corrected chi connectivity index (χ0v) is 21.2. The molecule has 2 saturated heterocycles. The number of carbonyl (C=O) groups excluding carboxylic acids is 3. The highest BCUT2D eigenvalue weighted by Gasteiger charge is 2.37. The SMILES string of the molecule is COc1cc(/C=C2\SC(=O)N(CC(=O)N3CCCCC3)C2=O)c(Br)cc1OCc1ccccc1. The van der Waals surface area contributed by atoms with Crippen molar-refractivity contribution in [3.63, 3.8) is 0 Å². The molecule has 2 aromatic rings. The molecule has 0 atom stereocenters. The highest BCUT2D eigenvalue weighted by atomic mass is 79.9. The fourth-order valence-electron chi connectivity index (χ4n) is 3.83. The van der Waals surface area contributed by atoms with Crippen LogP contribution in [0.4, 0.5) is 4.79 Å². The summed E-state index contributed by atoms with van der Waals surface area (Å²) in [5, 5.41) is -0.437. The van der Waals surface area contributed by atoms with Crippen molar-refractivity contribution in [1.82, 2.24) is 9.80 Å². The summed E-state index contributed by atoms with van der Waals surface area (Å²) in [5.41, 5.74) is 1.69. The van der Waals surface area contributed by atoms with Gasteiger partial charge in [0.15, 0.2) is 11.5 Å². The quantitative estimate of drug-likeness (QED) is 0.452. The van der Waals surface area contributed by atoms with Crippen LogP contribution in [0, 0.1) is 0 Å². The Labute approximate surface area is 211 Å². The number of nitrogens with zero attached hydrogens (tertiary/aromatic N) is 2. The number of hydrogen-bond acceptors (Lipinski definition) is 6. The van der Waals surface area contributed by atoms with Gasteiger partial charge < -0.3 is 14.4 Å². The summed E-state index contributed by atoms with van der Waals surface area (Å²) >= 11 is 4.36. The molecule has 0 unspecified atom stereocenters. The molecule has 2 aromatic carbocycles. The van der Waals surface area contributed by atoms with Gasteiger partial charge in [0.25, 0.3) is 11.1 Å². The Bertz CT molecular complexity index is 1120. The largest absolute Gasteiger partial charge is 0.493 e. The van der Waals surface area contributed by atoms with E-state index >= 15 is 0 Å². The Kier molecular flexibility index (Phi) is 7.95. The van der Waals surface area contributed by atoms with Gasteiger partial charge in [-0.1, -0.05) is 46.3 Å². The Morgan fingerprint density at radius 2 is 1.82 bits per heavy atom. The number of methoxy groups -OCH3 is 1. The predicted molar refractivity (Wildman–Crippen MR) is 135 cm³/mol. The van der Waals surface area contributed by atoms with Crippen LogP contribution >= 0.6 is 27.7 Å². The molecule has 2 heterocycles. The van der Waals surface area contributed by atoms with E-state index in [1.165, 1.54) is 0 Å². The average molecular weight is 545 g/mol. The van der Waals surface area contributed by atoms with Gasteiger partial charge in [-0.3, -0.25) is 19.3 Å². The van der Waals surface area contributed by atoms with E-state index in [-0.39, 0.29) is 17.4 Å². The maximum atomic E-state index is 12.9.